The van der Waals surface area contributed by atoms with E-state index in [1.165, 1.54) is 5.57 Å². The van der Waals surface area contributed by atoms with Crippen molar-refractivity contribution in [3.8, 4) is 0 Å². The van der Waals surface area contributed by atoms with Gasteiger partial charge in [-0.3, -0.25) is 0 Å². The lowest BCUT2D eigenvalue weighted by Crippen LogP contribution is -2.23. The minimum atomic E-state index is 0.153. The molecule has 0 amide bonds. The zero-order chi connectivity index (χ0) is 12.1. The molecule has 1 aliphatic carbocycles. The highest BCUT2D eigenvalue weighted by atomic mass is 35.5. The van der Waals surface area contributed by atoms with Crippen molar-refractivity contribution in [2.75, 3.05) is 5.32 Å². The van der Waals surface area contributed by atoms with Gasteiger partial charge < -0.3 is 9.73 Å². The Labute approximate surface area is 109 Å². The van der Waals surface area contributed by atoms with Gasteiger partial charge >= 0.3 is 0 Å². The fraction of sp³-hybridized carbons (Fsp3) is 0.0667. The molecule has 1 N–H and O–H groups in total. The van der Waals surface area contributed by atoms with E-state index in [-0.39, 0.29) is 6.04 Å². The first-order valence-electron chi connectivity index (χ1n) is 5.86. The Balaban J connectivity index is 1.97. The molecule has 1 atom stereocenters. The van der Waals surface area contributed by atoms with Crippen LogP contribution in [0.3, 0.4) is 0 Å². The Morgan fingerprint density at radius 1 is 1.17 bits per heavy atom. The number of para-hydroxylation sites is 1. The lowest BCUT2D eigenvalue weighted by Gasteiger charge is -2.23. The van der Waals surface area contributed by atoms with Gasteiger partial charge in [-0.1, -0.05) is 35.9 Å². The van der Waals surface area contributed by atoms with Gasteiger partial charge in [0, 0.05) is 16.0 Å². The minimum Gasteiger partial charge on any atom is -0.440 e. The summed E-state index contributed by atoms with van der Waals surface area (Å²) >= 11 is 6.04. The lowest BCUT2D eigenvalue weighted by molar-refractivity contribution is 0.622. The third-order valence-corrected chi connectivity index (χ3v) is 3.58. The summed E-state index contributed by atoms with van der Waals surface area (Å²) in [6.07, 6.45) is 8.09. The van der Waals surface area contributed by atoms with E-state index >= 15 is 0 Å². The molecule has 1 aliphatic heterocycles. The van der Waals surface area contributed by atoms with Crippen LogP contribution in [-0.2, 0) is 0 Å². The van der Waals surface area contributed by atoms with Crippen LogP contribution in [-0.4, -0.2) is 6.04 Å². The first kappa shape index (κ1) is 10.0. The summed E-state index contributed by atoms with van der Waals surface area (Å²) in [6, 6.07) is 8.21. The molecule has 2 heterocycles. The molecule has 0 saturated carbocycles. The number of anilines is 1. The molecule has 0 saturated heterocycles. The van der Waals surface area contributed by atoms with Crippen LogP contribution in [0.2, 0.25) is 0 Å². The fourth-order valence-corrected chi connectivity index (χ4v) is 2.68. The van der Waals surface area contributed by atoms with Crippen molar-refractivity contribution in [2.24, 2.45) is 0 Å². The molecule has 0 bridgehead atoms. The number of benzene rings is 1. The van der Waals surface area contributed by atoms with E-state index in [2.05, 4.69) is 17.5 Å². The molecule has 2 aliphatic rings. The molecule has 1 aromatic heterocycles. The van der Waals surface area contributed by atoms with E-state index in [1.54, 1.807) is 0 Å². The third-order valence-electron chi connectivity index (χ3n) is 3.34. The maximum atomic E-state index is 6.04. The fourth-order valence-electron chi connectivity index (χ4n) is 2.48. The average molecular weight is 256 g/mol. The molecule has 88 valence electrons. The molecule has 3 heteroatoms. The lowest BCUT2D eigenvalue weighted by atomic mass is 9.95. The summed E-state index contributed by atoms with van der Waals surface area (Å²) in [5.41, 5.74) is 3.18. The molecule has 1 aromatic carbocycles. The van der Waals surface area contributed by atoms with Crippen LogP contribution in [0.25, 0.3) is 17.0 Å². The van der Waals surface area contributed by atoms with Crippen LogP contribution < -0.4 is 5.32 Å². The highest BCUT2D eigenvalue weighted by Gasteiger charge is 2.23. The molecule has 18 heavy (non-hydrogen) atoms. The van der Waals surface area contributed by atoms with E-state index in [1.807, 2.05) is 36.4 Å². The number of furan rings is 1. The summed E-state index contributed by atoms with van der Waals surface area (Å²) in [5.74, 6) is 0.834. The van der Waals surface area contributed by atoms with E-state index in [0.29, 0.717) is 0 Å². The van der Waals surface area contributed by atoms with Gasteiger partial charge in [-0.05, 0) is 29.9 Å². The summed E-state index contributed by atoms with van der Waals surface area (Å²) in [6.45, 7) is 0. The predicted octanol–water partition coefficient (Wildman–Crippen LogP) is 4.30. The largest absolute Gasteiger partial charge is 0.440 e. The van der Waals surface area contributed by atoms with E-state index < -0.39 is 0 Å². The van der Waals surface area contributed by atoms with Gasteiger partial charge in [-0.2, -0.15) is 0 Å². The van der Waals surface area contributed by atoms with Crippen molar-refractivity contribution in [3.63, 3.8) is 0 Å². The Morgan fingerprint density at radius 3 is 3.00 bits per heavy atom. The van der Waals surface area contributed by atoms with Gasteiger partial charge in [0.15, 0.2) is 0 Å². The molecule has 0 spiro atoms. The normalized spacial score (nSPS) is 20.8. The van der Waals surface area contributed by atoms with Crippen LogP contribution in [0.5, 0.6) is 0 Å². The minimum absolute atomic E-state index is 0.153. The Morgan fingerprint density at radius 2 is 2.06 bits per heavy atom. The van der Waals surface area contributed by atoms with Crippen molar-refractivity contribution in [2.45, 2.75) is 6.04 Å². The Kier molecular flexibility index (Phi) is 1.97. The van der Waals surface area contributed by atoms with Gasteiger partial charge in [0.25, 0.3) is 0 Å². The first-order chi connectivity index (χ1) is 8.81. The van der Waals surface area contributed by atoms with Gasteiger partial charge in [-0.15, -0.1) is 0 Å². The molecule has 4 rings (SSSR count). The molecule has 0 fully saturated rings. The molecule has 2 nitrogen and oxygen atoms in total. The second kappa shape index (κ2) is 3.53. The highest BCUT2D eigenvalue weighted by molar-refractivity contribution is 6.31. The van der Waals surface area contributed by atoms with Gasteiger partial charge in [0.05, 0.1) is 6.04 Å². The SMILES string of the molecule is ClC1=CC2=Cc3c(oc4ccccc34)NC2C=C1. The van der Waals surface area contributed by atoms with Crippen molar-refractivity contribution in [1.29, 1.82) is 0 Å². The summed E-state index contributed by atoms with van der Waals surface area (Å²) in [5, 5.41) is 5.27. The van der Waals surface area contributed by atoms with Crippen LogP contribution in [0, 0.1) is 0 Å². The predicted molar refractivity (Wildman–Crippen MR) is 74.7 cm³/mol. The van der Waals surface area contributed by atoms with Gasteiger partial charge in [0.2, 0.25) is 5.88 Å². The smallest absolute Gasteiger partial charge is 0.202 e. The number of fused-ring (bicyclic) bond motifs is 4. The Hall–Kier alpha value is -1.93. The number of halogens is 1. The molecule has 2 aromatic rings. The molecule has 0 radical (unpaired) electrons. The van der Waals surface area contributed by atoms with Crippen LogP contribution >= 0.6 is 11.6 Å². The van der Waals surface area contributed by atoms with E-state index in [9.17, 15) is 0 Å². The summed E-state index contributed by atoms with van der Waals surface area (Å²) < 4.78 is 5.82. The van der Waals surface area contributed by atoms with Crippen molar-refractivity contribution in [1.82, 2.24) is 0 Å². The van der Waals surface area contributed by atoms with Crippen LogP contribution in [0.15, 0.2) is 57.5 Å². The number of hydrogen-bond acceptors (Lipinski definition) is 2. The monoisotopic (exact) mass is 255 g/mol. The number of rotatable bonds is 0. The number of allylic oxidation sites excluding steroid dienone is 2. The maximum Gasteiger partial charge on any atom is 0.202 e. The van der Waals surface area contributed by atoms with Crippen molar-refractivity contribution < 1.29 is 4.42 Å². The van der Waals surface area contributed by atoms with Crippen LogP contribution in [0.4, 0.5) is 5.88 Å². The zero-order valence-corrected chi connectivity index (χ0v) is 10.2. The molecular formula is C15H10ClNO. The maximum absolute atomic E-state index is 6.04. The molecular weight excluding hydrogens is 246 g/mol. The van der Waals surface area contributed by atoms with Gasteiger partial charge in [0.1, 0.15) is 5.58 Å². The second-order valence-corrected chi connectivity index (χ2v) is 4.93. The average Bonchev–Trinajstić information content (AvgIpc) is 2.74. The Bertz CT molecular complexity index is 736. The summed E-state index contributed by atoms with van der Waals surface area (Å²) in [4.78, 5) is 0. The van der Waals surface area contributed by atoms with E-state index in [4.69, 9.17) is 16.0 Å². The van der Waals surface area contributed by atoms with Crippen molar-refractivity contribution >= 4 is 34.5 Å². The van der Waals surface area contributed by atoms with E-state index in [0.717, 1.165) is 27.4 Å². The highest BCUT2D eigenvalue weighted by Crippen LogP contribution is 2.38. The molecule has 1 unspecified atom stereocenters. The second-order valence-electron chi connectivity index (χ2n) is 4.50. The number of nitrogens with one attached hydrogen (secondary N) is 1. The van der Waals surface area contributed by atoms with Crippen molar-refractivity contribution in [3.05, 3.63) is 58.7 Å². The van der Waals surface area contributed by atoms with Gasteiger partial charge in [-0.25, -0.2) is 0 Å². The topological polar surface area (TPSA) is 25.2 Å². The van der Waals surface area contributed by atoms with Crippen LogP contribution in [0.1, 0.15) is 5.56 Å². The standard InChI is InChI=1S/C15H10ClNO/c16-10-5-6-13-9(7-10)8-12-11-3-1-2-4-14(11)18-15(12)17-13/h1-8,13,17H. The first-order valence-corrected chi connectivity index (χ1v) is 6.24. The third kappa shape index (κ3) is 1.36. The number of hydrogen-bond donors (Lipinski definition) is 1. The quantitative estimate of drug-likeness (QED) is 0.759. The zero-order valence-electron chi connectivity index (χ0n) is 9.48. The summed E-state index contributed by atoms with van der Waals surface area (Å²) in [7, 11) is 0.